The van der Waals surface area contributed by atoms with Gasteiger partial charge in [0.2, 0.25) is 5.88 Å². The minimum Gasteiger partial charge on any atom is -0.475 e. The highest BCUT2D eigenvalue weighted by atomic mass is 32.2. The number of amides is 1. The molecule has 7 nitrogen and oxygen atoms in total. The maximum atomic E-state index is 12.9. The molecule has 1 N–H and O–H groups in total. The molecule has 0 fully saturated rings. The van der Waals surface area contributed by atoms with Gasteiger partial charge in [-0.25, -0.2) is 9.97 Å². The number of aromatic nitrogens is 3. The molecule has 1 aromatic carbocycles. The fraction of sp³-hybridized carbons (Fsp3) is 0.208. The molecular weight excluding hydrogens is 424 g/mol. The topological polar surface area (TPSA) is 77.8 Å². The molecule has 4 rings (SSSR count). The first-order valence-corrected chi connectivity index (χ1v) is 11.2. The lowest BCUT2D eigenvalue weighted by molar-refractivity contribution is 0.0947. The van der Waals surface area contributed by atoms with Crippen molar-refractivity contribution in [3.63, 3.8) is 0 Å². The number of hydrogen-bond acceptors (Lipinski definition) is 6. The fourth-order valence-corrected chi connectivity index (χ4v) is 4.10. The van der Waals surface area contributed by atoms with Gasteiger partial charge in [0.25, 0.3) is 5.91 Å². The number of carbonyl (C=O) groups is 1. The number of imidazole rings is 1. The minimum atomic E-state index is -0.144. The molecule has 164 valence electrons. The number of nitrogens with one attached hydrogen (secondary N) is 1. The van der Waals surface area contributed by atoms with Gasteiger partial charge in [-0.1, -0.05) is 24.3 Å². The van der Waals surface area contributed by atoms with Crippen molar-refractivity contribution >= 4 is 23.3 Å². The highest BCUT2D eigenvalue weighted by Crippen LogP contribution is 2.26. The zero-order valence-electron chi connectivity index (χ0n) is 17.7. The number of rotatable bonds is 10. The molecule has 32 heavy (non-hydrogen) atoms. The molecule has 0 spiro atoms. The Hall–Kier alpha value is -3.36. The van der Waals surface area contributed by atoms with Crippen LogP contribution in [0, 0.1) is 0 Å². The van der Waals surface area contributed by atoms with Crippen molar-refractivity contribution in [1.82, 2.24) is 19.7 Å². The van der Waals surface area contributed by atoms with Gasteiger partial charge in [-0.2, -0.15) is 0 Å². The van der Waals surface area contributed by atoms with Crippen LogP contribution in [0.15, 0.2) is 78.1 Å². The first-order chi connectivity index (χ1) is 15.7. The van der Waals surface area contributed by atoms with Gasteiger partial charge < -0.3 is 19.2 Å². The quantitative estimate of drug-likeness (QED) is 0.292. The summed E-state index contributed by atoms with van der Waals surface area (Å²) in [7, 11) is 1.62. The lowest BCUT2D eigenvalue weighted by atomic mass is 10.2. The van der Waals surface area contributed by atoms with Crippen LogP contribution in [0.2, 0.25) is 0 Å². The molecule has 0 saturated heterocycles. The summed E-state index contributed by atoms with van der Waals surface area (Å²) in [5.74, 6) is 1.03. The third-order valence-corrected chi connectivity index (χ3v) is 5.84. The number of nitrogens with zero attached hydrogens (tertiary/aromatic N) is 3. The Balaban J connectivity index is 1.40. The zero-order chi connectivity index (χ0) is 22.2. The number of methoxy groups -OCH3 is 1. The summed E-state index contributed by atoms with van der Waals surface area (Å²) in [6, 6.07) is 17.2. The van der Waals surface area contributed by atoms with E-state index in [0.717, 1.165) is 21.8 Å². The first kappa shape index (κ1) is 21.9. The van der Waals surface area contributed by atoms with Crippen LogP contribution in [0.1, 0.15) is 21.6 Å². The van der Waals surface area contributed by atoms with E-state index in [1.165, 1.54) is 0 Å². The summed E-state index contributed by atoms with van der Waals surface area (Å²) in [6.07, 6.45) is 5.65. The predicted octanol–water partition coefficient (Wildman–Crippen LogP) is 3.98. The summed E-state index contributed by atoms with van der Waals surface area (Å²) < 4.78 is 12.7. The Morgan fingerprint density at radius 1 is 1.09 bits per heavy atom. The molecule has 1 amide bonds. The molecule has 0 aliphatic rings. The smallest absolute Gasteiger partial charge is 0.252 e. The van der Waals surface area contributed by atoms with E-state index in [0.29, 0.717) is 37.0 Å². The molecule has 8 heteroatoms. The van der Waals surface area contributed by atoms with E-state index < -0.39 is 0 Å². The van der Waals surface area contributed by atoms with Gasteiger partial charge in [-0.3, -0.25) is 4.79 Å². The second-order valence-corrected chi connectivity index (χ2v) is 7.99. The molecule has 0 aliphatic carbocycles. The van der Waals surface area contributed by atoms with Crippen LogP contribution in [0.5, 0.6) is 5.88 Å². The first-order valence-electron chi connectivity index (χ1n) is 10.2. The Labute approximate surface area is 190 Å². The monoisotopic (exact) mass is 448 g/mol. The van der Waals surface area contributed by atoms with E-state index in [9.17, 15) is 4.79 Å². The minimum absolute atomic E-state index is 0.144. The zero-order valence-corrected chi connectivity index (χ0v) is 18.5. The lowest BCUT2D eigenvalue weighted by Gasteiger charge is -2.12. The Bertz CT molecular complexity index is 1160. The highest BCUT2D eigenvalue weighted by molar-refractivity contribution is 7.98. The van der Waals surface area contributed by atoms with E-state index in [2.05, 4.69) is 15.3 Å². The molecule has 0 radical (unpaired) electrons. The van der Waals surface area contributed by atoms with E-state index in [-0.39, 0.29) is 5.91 Å². The standard InChI is InChI=1S/C24H24N4O3S/c1-30-13-14-31-24-18(7-6-11-25-24)15-26-23(29)20-8-2-3-9-21(20)32-17-19-16-28-12-5-4-10-22(28)27-19/h2-12,16H,13-15,17H2,1H3,(H,26,29). The molecular formula is C24H24N4O3S. The van der Waals surface area contributed by atoms with Crippen molar-refractivity contribution in [3.8, 4) is 5.88 Å². The average Bonchev–Trinajstić information content (AvgIpc) is 3.25. The third-order valence-electron chi connectivity index (χ3n) is 4.74. The highest BCUT2D eigenvalue weighted by Gasteiger charge is 2.13. The Morgan fingerprint density at radius 2 is 1.97 bits per heavy atom. The van der Waals surface area contributed by atoms with Crippen LogP contribution in [-0.4, -0.2) is 40.6 Å². The molecule has 0 aliphatic heterocycles. The number of benzene rings is 1. The second kappa shape index (κ2) is 10.8. The summed E-state index contributed by atoms with van der Waals surface area (Å²) in [4.78, 5) is 22.7. The van der Waals surface area contributed by atoms with Crippen molar-refractivity contribution < 1.29 is 14.3 Å². The number of thioether (sulfide) groups is 1. The molecule has 0 bridgehead atoms. The van der Waals surface area contributed by atoms with Gasteiger partial charge in [-0.15, -0.1) is 11.8 Å². The maximum Gasteiger partial charge on any atom is 0.252 e. The van der Waals surface area contributed by atoms with Gasteiger partial charge in [-0.05, 0) is 30.3 Å². The van der Waals surface area contributed by atoms with Crippen molar-refractivity contribution in [1.29, 1.82) is 0 Å². The maximum absolute atomic E-state index is 12.9. The number of carbonyl (C=O) groups excluding carboxylic acids is 1. The van der Waals surface area contributed by atoms with Crippen LogP contribution >= 0.6 is 11.8 Å². The van der Waals surface area contributed by atoms with Crippen molar-refractivity contribution in [2.45, 2.75) is 17.2 Å². The molecule has 0 unspecified atom stereocenters. The van der Waals surface area contributed by atoms with E-state index >= 15 is 0 Å². The Kier molecular flexibility index (Phi) is 7.37. The number of fused-ring (bicyclic) bond motifs is 1. The third kappa shape index (κ3) is 5.46. The van der Waals surface area contributed by atoms with Crippen LogP contribution in [0.25, 0.3) is 5.65 Å². The average molecular weight is 449 g/mol. The molecule has 4 aromatic rings. The van der Waals surface area contributed by atoms with Gasteiger partial charge >= 0.3 is 0 Å². The van der Waals surface area contributed by atoms with Crippen LogP contribution in [0.3, 0.4) is 0 Å². The van der Waals surface area contributed by atoms with E-state index in [4.69, 9.17) is 9.47 Å². The molecule has 3 aromatic heterocycles. The largest absolute Gasteiger partial charge is 0.475 e. The summed E-state index contributed by atoms with van der Waals surface area (Å²) >= 11 is 1.59. The van der Waals surface area contributed by atoms with E-state index in [1.54, 1.807) is 25.1 Å². The fourth-order valence-electron chi connectivity index (χ4n) is 3.17. The van der Waals surface area contributed by atoms with Gasteiger partial charge in [0.15, 0.2) is 0 Å². The van der Waals surface area contributed by atoms with Crippen LogP contribution < -0.4 is 10.1 Å². The molecule has 3 heterocycles. The summed E-state index contributed by atoms with van der Waals surface area (Å²) in [5.41, 5.74) is 3.32. The number of ether oxygens (including phenoxy) is 2. The number of hydrogen-bond donors (Lipinski definition) is 1. The van der Waals surface area contributed by atoms with Gasteiger partial charge in [0, 0.05) is 48.5 Å². The van der Waals surface area contributed by atoms with Crippen molar-refractivity contribution in [3.05, 3.63) is 90.0 Å². The van der Waals surface area contributed by atoms with Gasteiger partial charge in [0.05, 0.1) is 17.9 Å². The summed E-state index contributed by atoms with van der Waals surface area (Å²) in [6.45, 7) is 1.19. The Morgan fingerprint density at radius 3 is 2.84 bits per heavy atom. The van der Waals surface area contributed by atoms with Gasteiger partial charge in [0.1, 0.15) is 12.3 Å². The SMILES string of the molecule is COCCOc1ncccc1CNC(=O)c1ccccc1SCc1cn2ccccc2n1. The van der Waals surface area contributed by atoms with Crippen LogP contribution in [-0.2, 0) is 17.0 Å². The normalized spacial score (nSPS) is 10.9. The second-order valence-electron chi connectivity index (χ2n) is 6.97. The molecule has 0 saturated carbocycles. The summed E-state index contributed by atoms with van der Waals surface area (Å²) in [5, 5.41) is 2.98. The predicted molar refractivity (Wildman–Crippen MR) is 124 cm³/mol. The number of pyridine rings is 2. The van der Waals surface area contributed by atoms with Crippen molar-refractivity contribution in [2.24, 2.45) is 0 Å². The van der Waals surface area contributed by atoms with E-state index in [1.807, 2.05) is 71.4 Å². The van der Waals surface area contributed by atoms with Crippen LogP contribution in [0.4, 0.5) is 0 Å². The molecule has 0 atom stereocenters. The van der Waals surface area contributed by atoms with Crippen molar-refractivity contribution in [2.75, 3.05) is 20.3 Å². The lowest BCUT2D eigenvalue weighted by Crippen LogP contribution is -2.24.